The van der Waals surface area contributed by atoms with Crippen LogP contribution in [-0.4, -0.2) is 25.7 Å². The monoisotopic (exact) mass is 415 g/mol. The van der Waals surface area contributed by atoms with Crippen LogP contribution >= 0.6 is 11.8 Å². The summed E-state index contributed by atoms with van der Waals surface area (Å²) in [4.78, 5) is 22.1. The van der Waals surface area contributed by atoms with Gasteiger partial charge in [0.2, 0.25) is 0 Å². The van der Waals surface area contributed by atoms with Crippen LogP contribution in [0.25, 0.3) is 0 Å². The van der Waals surface area contributed by atoms with E-state index in [0.717, 1.165) is 16.2 Å². The van der Waals surface area contributed by atoms with Crippen molar-refractivity contribution < 1.29 is 4.79 Å². The Bertz CT molecular complexity index is 1050. The average Bonchev–Trinajstić information content (AvgIpc) is 3.32. The van der Waals surface area contributed by atoms with Crippen molar-refractivity contribution in [3.63, 3.8) is 0 Å². The molecule has 0 aliphatic carbocycles. The summed E-state index contributed by atoms with van der Waals surface area (Å²) in [5, 5.41) is 7.29. The molecule has 30 heavy (non-hydrogen) atoms. The Kier molecular flexibility index (Phi) is 6.51. The molecular weight excluding hydrogens is 394 g/mol. The molecule has 0 fully saturated rings. The van der Waals surface area contributed by atoms with E-state index >= 15 is 0 Å². The summed E-state index contributed by atoms with van der Waals surface area (Å²) in [7, 11) is 0. The number of thioether (sulfide) groups is 1. The van der Waals surface area contributed by atoms with E-state index < -0.39 is 0 Å². The number of hydrogen-bond acceptors (Lipinski definition) is 5. The van der Waals surface area contributed by atoms with Crippen molar-refractivity contribution in [2.24, 2.45) is 0 Å². The van der Waals surface area contributed by atoms with Gasteiger partial charge in [0.05, 0.1) is 12.6 Å². The smallest absolute Gasteiger partial charge is 0.251 e. The highest BCUT2D eigenvalue weighted by Gasteiger charge is 2.17. The molecule has 2 heterocycles. The van der Waals surface area contributed by atoms with E-state index in [1.54, 1.807) is 29.0 Å². The highest BCUT2D eigenvalue weighted by Crippen LogP contribution is 2.23. The topological polar surface area (TPSA) is 72.7 Å². The number of carbonyl (C=O) groups excluding carboxylic acids is 1. The molecule has 4 aromatic rings. The zero-order valence-corrected chi connectivity index (χ0v) is 17.1. The molecule has 2 aromatic heterocycles. The molecule has 1 amide bonds. The quantitative estimate of drug-likeness (QED) is 0.438. The Morgan fingerprint density at radius 2 is 1.83 bits per heavy atom. The van der Waals surface area contributed by atoms with Gasteiger partial charge < -0.3 is 5.32 Å². The third-order valence-electron chi connectivity index (χ3n) is 4.59. The SMILES string of the molecule is O=C(NC(Cn1cncn1)c1ccccc1)c1ccc(SCc2cccnc2)cc1. The lowest BCUT2D eigenvalue weighted by Crippen LogP contribution is -2.31. The van der Waals surface area contributed by atoms with E-state index in [2.05, 4.69) is 26.4 Å². The third-order valence-corrected chi connectivity index (χ3v) is 5.67. The molecule has 7 heteroatoms. The fourth-order valence-electron chi connectivity index (χ4n) is 3.03. The zero-order chi connectivity index (χ0) is 20.6. The summed E-state index contributed by atoms with van der Waals surface area (Å²) in [6, 6.07) is 21.3. The van der Waals surface area contributed by atoms with E-state index in [0.29, 0.717) is 12.1 Å². The average molecular weight is 416 g/mol. The van der Waals surface area contributed by atoms with Gasteiger partial charge in [0.15, 0.2) is 0 Å². The lowest BCUT2D eigenvalue weighted by molar-refractivity contribution is 0.0931. The second-order valence-corrected chi connectivity index (χ2v) is 7.78. The van der Waals surface area contributed by atoms with Crippen molar-refractivity contribution in [3.05, 3.63) is 108 Å². The van der Waals surface area contributed by atoms with Crippen LogP contribution in [0.1, 0.15) is 27.5 Å². The van der Waals surface area contributed by atoms with Gasteiger partial charge in [-0.15, -0.1) is 11.8 Å². The number of amides is 1. The van der Waals surface area contributed by atoms with Crippen molar-refractivity contribution in [2.45, 2.75) is 23.2 Å². The Labute approximate surface area is 179 Å². The normalized spacial score (nSPS) is 11.7. The van der Waals surface area contributed by atoms with Crippen LogP contribution in [0.4, 0.5) is 0 Å². The molecule has 1 atom stereocenters. The number of nitrogens with one attached hydrogen (secondary N) is 1. The van der Waals surface area contributed by atoms with Crippen molar-refractivity contribution in [2.75, 3.05) is 0 Å². The maximum atomic E-state index is 12.9. The lowest BCUT2D eigenvalue weighted by Gasteiger charge is -2.19. The summed E-state index contributed by atoms with van der Waals surface area (Å²) in [6.45, 7) is 0.509. The second-order valence-electron chi connectivity index (χ2n) is 6.73. The number of aromatic nitrogens is 4. The van der Waals surface area contributed by atoms with Crippen molar-refractivity contribution >= 4 is 17.7 Å². The van der Waals surface area contributed by atoms with E-state index in [1.807, 2.05) is 66.9 Å². The van der Waals surface area contributed by atoms with E-state index in [1.165, 1.54) is 11.9 Å². The first-order chi connectivity index (χ1) is 14.8. The van der Waals surface area contributed by atoms with Gasteiger partial charge in [0.1, 0.15) is 12.7 Å². The molecule has 0 aliphatic heterocycles. The van der Waals surface area contributed by atoms with Crippen LogP contribution in [0.3, 0.4) is 0 Å². The molecule has 150 valence electrons. The number of benzene rings is 2. The van der Waals surface area contributed by atoms with Crippen molar-refractivity contribution in [1.82, 2.24) is 25.1 Å². The largest absolute Gasteiger partial charge is 0.343 e. The van der Waals surface area contributed by atoms with E-state index in [-0.39, 0.29) is 11.9 Å². The van der Waals surface area contributed by atoms with Gasteiger partial charge in [-0.1, -0.05) is 36.4 Å². The minimum absolute atomic E-state index is 0.118. The molecular formula is C23H21N5OS. The molecule has 2 aromatic carbocycles. The standard InChI is InChI=1S/C23H21N5OS/c29-23(20-8-10-21(11-9-20)30-15-18-5-4-12-24-13-18)27-22(14-28-17-25-16-26-28)19-6-2-1-3-7-19/h1-13,16-17,22H,14-15H2,(H,27,29). The number of nitrogens with zero attached hydrogens (tertiary/aromatic N) is 4. The van der Waals surface area contributed by atoms with Crippen molar-refractivity contribution in [1.29, 1.82) is 0 Å². The fraction of sp³-hybridized carbons (Fsp3) is 0.130. The molecule has 0 radical (unpaired) electrons. The number of rotatable bonds is 8. The molecule has 0 spiro atoms. The van der Waals surface area contributed by atoms with Gasteiger partial charge in [-0.2, -0.15) is 5.10 Å². The highest BCUT2D eigenvalue weighted by molar-refractivity contribution is 7.98. The maximum absolute atomic E-state index is 12.9. The first-order valence-corrected chi connectivity index (χ1v) is 10.6. The highest BCUT2D eigenvalue weighted by atomic mass is 32.2. The predicted molar refractivity (Wildman–Crippen MR) is 117 cm³/mol. The van der Waals surface area contributed by atoms with Crippen LogP contribution in [0.5, 0.6) is 0 Å². The minimum Gasteiger partial charge on any atom is -0.343 e. The van der Waals surface area contributed by atoms with Crippen molar-refractivity contribution in [3.8, 4) is 0 Å². The summed E-state index contributed by atoms with van der Waals surface area (Å²) in [6.07, 6.45) is 6.78. The molecule has 4 rings (SSSR count). The molecule has 0 saturated heterocycles. The number of pyridine rings is 1. The minimum atomic E-state index is -0.208. The summed E-state index contributed by atoms with van der Waals surface area (Å²) >= 11 is 1.72. The first-order valence-electron chi connectivity index (χ1n) is 9.58. The summed E-state index contributed by atoms with van der Waals surface area (Å²) in [5.41, 5.74) is 2.81. The van der Waals surface area contributed by atoms with Gasteiger partial charge in [-0.3, -0.25) is 14.5 Å². The molecule has 0 saturated carbocycles. The Balaban J connectivity index is 1.41. The van der Waals surface area contributed by atoms with Gasteiger partial charge in [0, 0.05) is 28.6 Å². The van der Waals surface area contributed by atoms with Crippen LogP contribution in [-0.2, 0) is 12.3 Å². The number of hydrogen-bond donors (Lipinski definition) is 1. The van der Waals surface area contributed by atoms with E-state index in [4.69, 9.17) is 0 Å². The Morgan fingerprint density at radius 1 is 1.00 bits per heavy atom. The Hall–Kier alpha value is -3.45. The Morgan fingerprint density at radius 3 is 2.53 bits per heavy atom. The first kappa shape index (κ1) is 19.8. The molecule has 0 bridgehead atoms. The zero-order valence-electron chi connectivity index (χ0n) is 16.3. The van der Waals surface area contributed by atoms with Gasteiger partial charge in [0.25, 0.3) is 5.91 Å². The van der Waals surface area contributed by atoms with Gasteiger partial charge in [-0.25, -0.2) is 4.98 Å². The molecule has 0 aliphatic rings. The third kappa shape index (κ3) is 5.33. The van der Waals surface area contributed by atoms with Crippen LogP contribution < -0.4 is 5.32 Å². The second kappa shape index (κ2) is 9.84. The van der Waals surface area contributed by atoms with Crippen LogP contribution in [0.15, 0.2) is 96.7 Å². The van der Waals surface area contributed by atoms with Gasteiger partial charge in [-0.05, 0) is 41.5 Å². The lowest BCUT2D eigenvalue weighted by atomic mass is 10.1. The maximum Gasteiger partial charge on any atom is 0.251 e. The molecule has 1 unspecified atom stereocenters. The predicted octanol–water partition coefficient (Wildman–Crippen LogP) is 4.14. The summed E-state index contributed by atoms with van der Waals surface area (Å²) in [5.74, 6) is 0.723. The van der Waals surface area contributed by atoms with Gasteiger partial charge >= 0.3 is 0 Å². The van der Waals surface area contributed by atoms with Crippen LogP contribution in [0, 0.1) is 0 Å². The molecule has 6 nitrogen and oxygen atoms in total. The fourth-order valence-corrected chi connectivity index (χ4v) is 3.86. The van der Waals surface area contributed by atoms with E-state index in [9.17, 15) is 4.79 Å². The molecule has 1 N–H and O–H groups in total. The van der Waals surface area contributed by atoms with Crippen LogP contribution in [0.2, 0.25) is 0 Å². The summed E-state index contributed by atoms with van der Waals surface area (Å²) < 4.78 is 1.72. The number of carbonyl (C=O) groups is 1.